The van der Waals surface area contributed by atoms with E-state index in [1.807, 2.05) is 11.8 Å². The third-order valence-electron chi connectivity index (χ3n) is 4.89. The van der Waals surface area contributed by atoms with Crippen molar-refractivity contribution in [3.63, 3.8) is 0 Å². The Morgan fingerprint density at radius 1 is 1.06 bits per heavy atom. The Labute approximate surface area is 181 Å². The van der Waals surface area contributed by atoms with Gasteiger partial charge in [-0.15, -0.1) is 0 Å². The van der Waals surface area contributed by atoms with Crippen molar-refractivity contribution < 1.29 is 27.0 Å². The van der Waals surface area contributed by atoms with E-state index in [0.717, 1.165) is 0 Å². The minimum absolute atomic E-state index is 0.114. The second-order valence-electron chi connectivity index (χ2n) is 6.87. The van der Waals surface area contributed by atoms with Crippen LogP contribution >= 0.6 is 0 Å². The van der Waals surface area contributed by atoms with Crippen molar-refractivity contribution in [2.45, 2.75) is 16.8 Å². The first-order valence-corrected chi connectivity index (χ1v) is 11.5. The molecular weight excluding hydrogens is 420 g/mol. The molecule has 1 saturated heterocycles. The maximum absolute atomic E-state index is 13.5. The predicted octanol–water partition coefficient (Wildman–Crippen LogP) is 3.42. The highest BCUT2D eigenvalue weighted by molar-refractivity contribution is 7.91. The number of oxazole rings is 1. The number of ether oxygens (including phenoxy) is 3. The van der Waals surface area contributed by atoms with Gasteiger partial charge in [-0.05, 0) is 49.4 Å². The van der Waals surface area contributed by atoms with Gasteiger partial charge in [0, 0.05) is 18.7 Å². The van der Waals surface area contributed by atoms with Crippen LogP contribution in [0.5, 0.6) is 11.5 Å². The van der Waals surface area contributed by atoms with Crippen molar-refractivity contribution >= 4 is 15.7 Å². The molecule has 2 aromatic carbocycles. The van der Waals surface area contributed by atoms with E-state index in [1.54, 1.807) is 43.5 Å². The second kappa shape index (κ2) is 8.99. The minimum Gasteiger partial charge on any atom is -0.497 e. The Morgan fingerprint density at radius 3 is 2.48 bits per heavy atom. The Balaban J connectivity index is 1.79. The fourth-order valence-corrected chi connectivity index (χ4v) is 4.63. The SMILES string of the molecule is CCOc1ccc(S(=O)(=O)c2nc(-c3cccc(OC)c3)oc2N2CCOCC2)cc1. The smallest absolute Gasteiger partial charge is 0.236 e. The topological polar surface area (TPSA) is 91.1 Å². The number of aromatic nitrogens is 1. The molecule has 3 aromatic rings. The van der Waals surface area contributed by atoms with Gasteiger partial charge < -0.3 is 23.5 Å². The second-order valence-corrected chi connectivity index (χ2v) is 8.73. The zero-order valence-electron chi connectivity index (χ0n) is 17.4. The van der Waals surface area contributed by atoms with Crippen LogP contribution in [0.3, 0.4) is 0 Å². The van der Waals surface area contributed by atoms with Gasteiger partial charge in [-0.3, -0.25) is 0 Å². The number of benzene rings is 2. The number of rotatable bonds is 7. The molecule has 0 unspecified atom stereocenters. The average molecular weight is 445 g/mol. The molecule has 1 aliphatic heterocycles. The summed E-state index contributed by atoms with van der Waals surface area (Å²) in [6.45, 7) is 4.36. The van der Waals surface area contributed by atoms with Gasteiger partial charge in [-0.1, -0.05) is 6.07 Å². The molecule has 0 radical (unpaired) electrons. The number of hydrogen-bond donors (Lipinski definition) is 0. The molecular formula is C22H24N2O6S. The summed E-state index contributed by atoms with van der Waals surface area (Å²) in [6, 6.07) is 13.4. The fourth-order valence-electron chi connectivity index (χ4n) is 3.31. The molecule has 164 valence electrons. The first kappa shape index (κ1) is 21.2. The summed E-state index contributed by atoms with van der Waals surface area (Å²) in [5.41, 5.74) is 0.627. The summed E-state index contributed by atoms with van der Waals surface area (Å²) in [6.07, 6.45) is 0. The number of hydrogen-bond acceptors (Lipinski definition) is 8. The summed E-state index contributed by atoms with van der Waals surface area (Å²) in [7, 11) is -2.36. The summed E-state index contributed by atoms with van der Waals surface area (Å²) in [5.74, 6) is 1.66. The van der Waals surface area contributed by atoms with E-state index in [4.69, 9.17) is 18.6 Å². The Kier molecular flexibility index (Phi) is 6.15. The van der Waals surface area contributed by atoms with Crippen LogP contribution in [-0.2, 0) is 14.6 Å². The molecule has 0 N–H and O–H groups in total. The van der Waals surface area contributed by atoms with Crippen LogP contribution in [0.1, 0.15) is 6.92 Å². The van der Waals surface area contributed by atoms with Crippen LogP contribution in [0.2, 0.25) is 0 Å². The van der Waals surface area contributed by atoms with Crippen molar-refractivity contribution in [2.24, 2.45) is 0 Å². The van der Waals surface area contributed by atoms with Crippen molar-refractivity contribution in [3.05, 3.63) is 48.5 Å². The minimum atomic E-state index is -3.93. The van der Waals surface area contributed by atoms with E-state index < -0.39 is 9.84 Å². The van der Waals surface area contributed by atoms with Gasteiger partial charge in [0.15, 0.2) is 0 Å². The molecule has 0 bridgehead atoms. The molecule has 31 heavy (non-hydrogen) atoms. The normalized spacial score (nSPS) is 14.5. The first-order valence-electron chi connectivity index (χ1n) is 9.99. The van der Waals surface area contributed by atoms with Crippen molar-refractivity contribution in [1.82, 2.24) is 4.98 Å². The van der Waals surface area contributed by atoms with Crippen molar-refractivity contribution in [1.29, 1.82) is 0 Å². The zero-order chi connectivity index (χ0) is 21.8. The third kappa shape index (κ3) is 4.38. The molecule has 1 fully saturated rings. The molecule has 2 heterocycles. The highest BCUT2D eigenvalue weighted by Crippen LogP contribution is 2.36. The highest BCUT2D eigenvalue weighted by atomic mass is 32.2. The van der Waals surface area contributed by atoms with Crippen LogP contribution in [0.4, 0.5) is 5.88 Å². The van der Waals surface area contributed by atoms with Crippen LogP contribution in [0, 0.1) is 0 Å². The standard InChI is InChI=1S/C22H24N2O6S/c1-3-29-17-7-9-19(10-8-17)31(25,26)21-22(24-11-13-28-14-12-24)30-20(23-21)16-5-4-6-18(15-16)27-2/h4-10,15H,3,11-14H2,1-2H3. The van der Waals surface area contributed by atoms with Crippen LogP contribution in [0.15, 0.2) is 62.9 Å². The lowest BCUT2D eigenvalue weighted by molar-refractivity contribution is 0.120. The molecule has 0 saturated carbocycles. The lowest BCUT2D eigenvalue weighted by atomic mass is 10.2. The van der Waals surface area contributed by atoms with E-state index >= 15 is 0 Å². The zero-order valence-corrected chi connectivity index (χ0v) is 18.2. The summed E-state index contributed by atoms with van der Waals surface area (Å²) >= 11 is 0. The van der Waals surface area contributed by atoms with E-state index in [9.17, 15) is 8.42 Å². The monoisotopic (exact) mass is 444 g/mol. The molecule has 8 nitrogen and oxygen atoms in total. The van der Waals surface area contributed by atoms with Crippen molar-refractivity contribution in [3.8, 4) is 23.0 Å². The van der Waals surface area contributed by atoms with E-state index in [-0.39, 0.29) is 21.7 Å². The highest BCUT2D eigenvalue weighted by Gasteiger charge is 2.32. The number of nitrogens with zero attached hydrogens (tertiary/aromatic N) is 2. The molecule has 1 aromatic heterocycles. The predicted molar refractivity (Wildman–Crippen MR) is 115 cm³/mol. The lowest BCUT2D eigenvalue weighted by Crippen LogP contribution is -2.36. The fraction of sp³-hybridized carbons (Fsp3) is 0.318. The molecule has 0 spiro atoms. The van der Waals surface area contributed by atoms with Gasteiger partial charge in [0.1, 0.15) is 11.5 Å². The number of methoxy groups -OCH3 is 1. The van der Waals surface area contributed by atoms with Gasteiger partial charge in [-0.25, -0.2) is 8.42 Å². The van der Waals surface area contributed by atoms with E-state index in [0.29, 0.717) is 50.0 Å². The van der Waals surface area contributed by atoms with E-state index in [2.05, 4.69) is 4.98 Å². The largest absolute Gasteiger partial charge is 0.497 e. The lowest BCUT2D eigenvalue weighted by Gasteiger charge is -2.26. The van der Waals surface area contributed by atoms with Crippen molar-refractivity contribution in [2.75, 3.05) is 44.9 Å². The quantitative estimate of drug-likeness (QED) is 0.548. The maximum atomic E-state index is 13.5. The number of sulfone groups is 1. The maximum Gasteiger partial charge on any atom is 0.236 e. The number of morpholine rings is 1. The Morgan fingerprint density at radius 2 is 1.81 bits per heavy atom. The Hall–Kier alpha value is -3.04. The molecule has 9 heteroatoms. The summed E-state index contributed by atoms with van der Waals surface area (Å²) in [4.78, 5) is 6.38. The average Bonchev–Trinajstić information content (AvgIpc) is 3.27. The van der Waals surface area contributed by atoms with Crippen LogP contribution < -0.4 is 14.4 Å². The Bertz CT molecular complexity index is 1140. The molecule has 0 amide bonds. The summed E-state index contributed by atoms with van der Waals surface area (Å²) < 4.78 is 49.1. The molecule has 0 atom stereocenters. The van der Waals surface area contributed by atoms with Gasteiger partial charge in [0.2, 0.25) is 26.6 Å². The van der Waals surface area contributed by atoms with Gasteiger partial charge >= 0.3 is 0 Å². The number of anilines is 1. The van der Waals surface area contributed by atoms with Crippen LogP contribution in [-0.4, -0.2) is 53.4 Å². The van der Waals surface area contributed by atoms with Gasteiger partial charge in [-0.2, -0.15) is 4.98 Å². The third-order valence-corrected chi connectivity index (χ3v) is 6.56. The van der Waals surface area contributed by atoms with E-state index in [1.165, 1.54) is 12.1 Å². The van der Waals surface area contributed by atoms with Gasteiger partial charge in [0.25, 0.3) is 0 Å². The van der Waals surface area contributed by atoms with Gasteiger partial charge in [0.05, 0.1) is 31.8 Å². The van der Waals surface area contributed by atoms with Crippen LogP contribution in [0.25, 0.3) is 11.5 Å². The molecule has 0 aliphatic carbocycles. The summed E-state index contributed by atoms with van der Waals surface area (Å²) in [5, 5.41) is -0.114. The molecule has 4 rings (SSSR count). The molecule has 1 aliphatic rings. The first-order chi connectivity index (χ1) is 15.0.